The molecule has 1 aromatic heterocycles. The zero-order chi connectivity index (χ0) is 13.9. The number of aliphatic hydroxyl groups excluding tert-OH is 1. The molecule has 1 heterocycles. The molecule has 0 saturated heterocycles. The number of carbonyl (C=O) groups is 1. The van der Waals surface area contributed by atoms with Gasteiger partial charge in [0, 0.05) is 18.8 Å². The van der Waals surface area contributed by atoms with Gasteiger partial charge in [0.1, 0.15) is 5.69 Å². The van der Waals surface area contributed by atoms with Crippen molar-refractivity contribution < 1.29 is 9.90 Å². The highest BCUT2D eigenvalue weighted by molar-refractivity contribution is 5.93. The van der Waals surface area contributed by atoms with E-state index in [1.807, 2.05) is 53.2 Å². The Balaban J connectivity index is 1.68. The van der Waals surface area contributed by atoms with Crippen molar-refractivity contribution in [3.63, 3.8) is 0 Å². The van der Waals surface area contributed by atoms with Gasteiger partial charge in [-0.3, -0.25) is 4.79 Å². The van der Waals surface area contributed by atoms with Gasteiger partial charge in [0.05, 0.1) is 6.10 Å². The van der Waals surface area contributed by atoms with Crippen molar-refractivity contribution in [2.75, 3.05) is 0 Å². The van der Waals surface area contributed by atoms with E-state index in [2.05, 4.69) is 5.32 Å². The van der Waals surface area contributed by atoms with Gasteiger partial charge in [0.15, 0.2) is 0 Å². The molecule has 4 heteroatoms. The van der Waals surface area contributed by atoms with E-state index in [0.29, 0.717) is 25.1 Å². The summed E-state index contributed by atoms with van der Waals surface area (Å²) in [5.41, 5.74) is 1.83. The summed E-state index contributed by atoms with van der Waals surface area (Å²) in [7, 11) is 0. The standard InChI is InChI=1S/C16H18N2O2/c19-14-9-13(10-14)17-16(20)15-7-4-8-18(15)11-12-5-2-1-3-6-12/h1-8,13-14,19H,9-11H2,(H,17,20). The summed E-state index contributed by atoms with van der Waals surface area (Å²) in [5, 5.41) is 12.2. The summed E-state index contributed by atoms with van der Waals surface area (Å²) in [6, 6.07) is 13.9. The van der Waals surface area contributed by atoms with Crippen LogP contribution in [0.1, 0.15) is 28.9 Å². The van der Waals surface area contributed by atoms with Crippen LogP contribution in [-0.2, 0) is 6.54 Å². The highest BCUT2D eigenvalue weighted by atomic mass is 16.3. The summed E-state index contributed by atoms with van der Waals surface area (Å²) < 4.78 is 1.94. The molecule has 104 valence electrons. The first-order chi connectivity index (χ1) is 9.72. The zero-order valence-electron chi connectivity index (χ0n) is 11.2. The minimum atomic E-state index is -0.253. The normalized spacial score (nSPS) is 21.2. The lowest BCUT2D eigenvalue weighted by atomic mass is 9.89. The van der Waals surface area contributed by atoms with Gasteiger partial charge in [-0.05, 0) is 30.5 Å². The van der Waals surface area contributed by atoms with E-state index in [-0.39, 0.29) is 18.1 Å². The highest BCUT2D eigenvalue weighted by Gasteiger charge is 2.29. The summed E-state index contributed by atoms with van der Waals surface area (Å²) in [4.78, 5) is 12.2. The number of hydrogen-bond acceptors (Lipinski definition) is 2. The minimum Gasteiger partial charge on any atom is -0.393 e. The number of nitrogens with one attached hydrogen (secondary N) is 1. The van der Waals surface area contributed by atoms with Crippen LogP contribution in [-0.4, -0.2) is 27.7 Å². The first-order valence-electron chi connectivity index (χ1n) is 6.90. The Morgan fingerprint density at radius 3 is 2.65 bits per heavy atom. The Hall–Kier alpha value is -2.07. The van der Waals surface area contributed by atoms with Gasteiger partial charge in [-0.1, -0.05) is 30.3 Å². The molecular weight excluding hydrogens is 252 g/mol. The average molecular weight is 270 g/mol. The van der Waals surface area contributed by atoms with Gasteiger partial charge in [0.25, 0.3) is 5.91 Å². The maximum absolute atomic E-state index is 12.2. The van der Waals surface area contributed by atoms with Crippen LogP contribution in [0, 0.1) is 0 Å². The number of carbonyl (C=O) groups excluding carboxylic acids is 1. The van der Waals surface area contributed by atoms with Gasteiger partial charge in [-0.25, -0.2) is 0 Å². The third kappa shape index (κ3) is 2.75. The van der Waals surface area contributed by atoms with Gasteiger partial charge >= 0.3 is 0 Å². The first-order valence-corrected chi connectivity index (χ1v) is 6.90. The summed E-state index contributed by atoms with van der Waals surface area (Å²) >= 11 is 0. The molecule has 1 aromatic carbocycles. The lowest BCUT2D eigenvalue weighted by Gasteiger charge is -2.32. The first kappa shape index (κ1) is 12.9. The van der Waals surface area contributed by atoms with Crippen LogP contribution in [0.25, 0.3) is 0 Å². The van der Waals surface area contributed by atoms with Crippen LogP contribution in [0.15, 0.2) is 48.7 Å². The Morgan fingerprint density at radius 1 is 1.20 bits per heavy atom. The molecule has 1 saturated carbocycles. The second kappa shape index (κ2) is 5.51. The van der Waals surface area contributed by atoms with Crippen LogP contribution in [0.4, 0.5) is 0 Å². The number of benzene rings is 1. The molecule has 0 unspecified atom stereocenters. The van der Waals surface area contributed by atoms with E-state index in [1.54, 1.807) is 0 Å². The predicted molar refractivity (Wildman–Crippen MR) is 76.5 cm³/mol. The van der Waals surface area contributed by atoms with E-state index < -0.39 is 0 Å². The Morgan fingerprint density at radius 2 is 1.95 bits per heavy atom. The maximum atomic E-state index is 12.2. The third-order valence-electron chi connectivity index (χ3n) is 3.71. The van der Waals surface area contributed by atoms with E-state index in [4.69, 9.17) is 0 Å². The molecule has 2 N–H and O–H groups in total. The average Bonchev–Trinajstić information content (AvgIpc) is 2.86. The van der Waals surface area contributed by atoms with Gasteiger partial charge in [-0.2, -0.15) is 0 Å². The largest absolute Gasteiger partial charge is 0.393 e. The smallest absolute Gasteiger partial charge is 0.268 e. The number of rotatable bonds is 4. The van der Waals surface area contributed by atoms with Crippen LogP contribution in [0.2, 0.25) is 0 Å². The van der Waals surface area contributed by atoms with Crippen molar-refractivity contribution in [1.82, 2.24) is 9.88 Å². The molecule has 1 amide bonds. The van der Waals surface area contributed by atoms with E-state index in [9.17, 15) is 9.90 Å². The Labute approximate surface area is 118 Å². The third-order valence-corrected chi connectivity index (χ3v) is 3.71. The van der Waals surface area contributed by atoms with E-state index in [0.717, 1.165) is 5.56 Å². The fourth-order valence-electron chi connectivity index (χ4n) is 2.50. The van der Waals surface area contributed by atoms with E-state index >= 15 is 0 Å². The molecule has 1 fully saturated rings. The molecule has 0 radical (unpaired) electrons. The number of nitrogens with zero attached hydrogens (tertiary/aromatic N) is 1. The Kier molecular flexibility index (Phi) is 3.56. The minimum absolute atomic E-state index is 0.0668. The monoisotopic (exact) mass is 270 g/mol. The lowest BCUT2D eigenvalue weighted by Crippen LogP contribution is -2.47. The maximum Gasteiger partial charge on any atom is 0.268 e. The summed E-state index contributed by atoms with van der Waals surface area (Å²) in [6.07, 6.45) is 2.98. The summed E-state index contributed by atoms with van der Waals surface area (Å²) in [6.45, 7) is 0.684. The van der Waals surface area contributed by atoms with Crippen LogP contribution in [0.5, 0.6) is 0 Å². The molecule has 4 nitrogen and oxygen atoms in total. The van der Waals surface area contributed by atoms with Crippen molar-refractivity contribution in [3.8, 4) is 0 Å². The van der Waals surface area contributed by atoms with Crippen LogP contribution in [0.3, 0.4) is 0 Å². The second-order valence-corrected chi connectivity index (χ2v) is 5.30. The fourth-order valence-corrected chi connectivity index (χ4v) is 2.50. The molecule has 20 heavy (non-hydrogen) atoms. The number of aromatic nitrogens is 1. The summed E-state index contributed by atoms with van der Waals surface area (Å²) in [5.74, 6) is -0.0668. The molecule has 2 aromatic rings. The molecule has 0 atom stereocenters. The van der Waals surface area contributed by atoms with Crippen molar-refractivity contribution in [2.45, 2.75) is 31.5 Å². The quantitative estimate of drug-likeness (QED) is 0.890. The van der Waals surface area contributed by atoms with Gasteiger partial charge in [-0.15, -0.1) is 0 Å². The Bertz CT molecular complexity index is 586. The molecule has 1 aliphatic rings. The van der Waals surface area contributed by atoms with Gasteiger partial charge in [0.2, 0.25) is 0 Å². The molecule has 0 bridgehead atoms. The van der Waals surface area contributed by atoms with Crippen LogP contribution >= 0.6 is 0 Å². The molecular formula is C16H18N2O2. The number of aliphatic hydroxyl groups is 1. The number of amides is 1. The topological polar surface area (TPSA) is 54.3 Å². The number of hydrogen-bond donors (Lipinski definition) is 2. The van der Waals surface area contributed by atoms with Crippen molar-refractivity contribution >= 4 is 5.91 Å². The molecule has 0 spiro atoms. The molecule has 0 aliphatic heterocycles. The van der Waals surface area contributed by atoms with Crippen LogP contribution < -0.4 is 5.32 Å². The van der Waals surface area contributed by atoms with Crippen molar-refractivity contribution in [3.05, 3.63) is 59.9 Å². The fraction of sp³-hybridized carbons (Fsp3) is 0.312. The second-order valence-electron chi connectivity index (χ2n) is 5.30. The predicted octanol–water partition coefficient (Wildman–Crippen LogP) is 1.79. The zero-order valence-corrected chi connectivity index (χ0v) is 11.2. The van der Waals surface area contributed by atoms with Crippen molar-refractivity contribution in [2.24, 2.45) is 0 Å². The SMILES string of the molecule is O=C(NC1CC(O)C1)c1cccn1Cc1ccccc1. The molecule has 1 aliphatic carbocycles. The van der Waals surface area contributed by atoms with Crippen molar-refractivity contribution in [1.29, 1.82) is 0 Å². The van der Waals surface area contributed by atoms with Gasteiger partial charge < -0.3 is 15.0 Å². The molecule has 3 rings (SSSR count). The van der Waals surface area contributed by atoms with E-state index in [1.165, 1.54) is 0 Å². The lowest BCUT2D eigenvalue weighted by molar-refractivity contribution is 0.0559. The highest BCUT2D eigenvalue weighted by Crippen LogP contribution is 2.20.